The van der Waals surface area contributed by atoms with Crippen LogP contribution in [0, 0.1) is 11.3 Å². The molecule has 0 bridgehead atoms. The van der Waals surface area contributed by atoms with Gasteiger partial charge in [0, 0.05) is 29.4 Å². The number of hydrogen-bond acceptors (Lipinski definition) is 5. The molecule has 3 heterocycles. The van der Waals surface area contributed by atoms with Crippen molar-refractivity contribution < 1.29 is 14.3 Å². The van der Waals surface area contributed by atoms with Crippen LogP contribution in [0.3, 0.4) is 0 Å². The average Bonchev–Trinajstić information content (AvgIpc) is 3.12. The summed E-state index contributed by atoms with van der Waals surface area (Å²) in [5, 5.41) is 10.4. The first-order valence-corrected chi connectivity index (χ1v) is 13.0. The summed E-state index contributed by atoms with van der Waals surface area (Å²) in [5.74, 6) is -0.0692. The van der Waals surface area contributed by atoms with Crippen LogP contribution in [0.1, 0.15) is 75.6 Å². The molecule has 2 unspecified atom stereocenters. The maximum Gasteiger partial charge on any atom is 0.248 e. The van der Waals surface area contributed by atoms with Crippen molar-refractivity contribution in [2.45, 2.75) is 76.2 Å². The van der Waals surface area contributed by atoms with Crippen molar-refractivity contribution in [1.29, 1.82) is 5.26 Å². The average molecular weight is 494 g/mol. The van der Waals surface area contributed by atoms with Crippen LogP contribution in [0.4, 0.5) is 5.69 Å². The predicted molar refractivity (Wildman–Crippen MR) is 140 cm³/mol. The largest absolute Gasteiger partial charge is 0.444 e. The standard InChI is InChI=1S/C31H31N3O3/c1-5-18-14-20-26-21(15-18)31(22(16-32)27(33)37-24-13-9-12-23(35)25(24)31)28(36)34(26)29(2,3)17-30(20,4)19-10-7-6-8-11-19/h6-8,10-11,14-15H,5,9,12-13,17,33H2,1-4H3. The number of carbonyl (C=O) groups excluding carboxylic acids is 2. The van der Waals surface area contributed by atoms with Crippen LogP contribution in [-0.2, 0) is 31.6 Å². The van der Waals surface area contributed by atoms with Crippen LogP contribution in [0.15, 0.2) is 65.3 Å². The van der Waals surface area contributed by atoms with Gasteiger partial charge in [-0.3, -0.25) is 9.59 Å². The van der Waals surface area contributed by atoms with E-state index in [1.807, 2.05) is 29.2 Å². The normalized spacial score (nSPS) is 27.7. The van der Waals surface area contributed by atoms with Crippen molar-refractivity contribution in [3.8, 4) is 6.07 Å². The first-order valence-electron chi connectivity index (χ1n) is 13.0. The molecular weight excluding hydrogens is 462 g/mol. The summed E-state index contributed by atoms with van der Waals surface area (Å²) in [7, 11) is 0. The van der Waals surface area contributed by atoms with E-state index in [-0.39, 0.29) is 28.6 Å². The predicted octanol–water partition coefficient (Wildman–Crippen LogP) is 5.05. The number of ether oxygens (including phenoxy) is 1. The quantitative estimate of drug-likeness (QED) is 0.631. The molecule has 1 amide bonds. The highest BCUT2D eigenvalue weighted by Gasteiger charge is 2.66. The Morgan fingerprint density at radius 1 is 1.08 bits per heavy atom. The minimum atomic E-state index is -1.58. The van der Waals surface area contributed by atoms with Crippen LogP contribution >= 0.6 is 0 Å². The number of allylic oxidation sites excluding steroid dienone is 1. The molecule has 0 fully saturated rings. The smallest absolute Gasteiger partial charge is 0.248 e. The fourth-order valence-electron chi connectivity index (χ4n) is 7.36. The van der Waals surface area contributed by atoms with Gasteiger partial charge in [-0.1, -0.05) is 56.3 Å². The summed E-state index contributed by atoms with van der Waals surface area (Å²) in [6, 6.07) is 16.8. The lowest BCUT2D eigenvalue weighted by molar-refractivity contribution is -0.125. The number of hydrogen-bond donors (Lipinski definition) is 1. The molecule has 4 aliphatic rings. The number of ketones is 1. The van der Waals surface area contributed by atoms with Crippen LogP contribution < -0.4 is 10.6 Å². The van der Waals surface area contributed by atoms with Crippen LogP contribution in [-0.4, -0.2) is 17.2 Å². The van der Waals surface area contributed by atoms with E-state index in [4.69, 9.17) is 10.5 Å². The molecule has 3 aliphatic heterocycles. The second-order valence-electron chi connectivity index (χ2n) is 11.5. The molecule has 2 atom stereocenters. The molecule has 0 saturated heterocycles. The number of benzene rings is 2. The van der Waals surface area contributed by atoms with Gasteiger partial charge in [0.25, 0.3) is 0 Å². The molecule has 0 saturated carbocycles. The first kappa shape index (κ1) is 23.5. The van der Waals surface area contributed by atoms with Crippen molar-refractivity contribution in [2.75, 3.05) is 4.90 Å². The number of amides is 1. The van der Waals surface area contributed by atoms with Crippen LogP contribution in [0.5, 0.6) is 0 Å². The minimum absolute atomic E-state index is 0.0218. The van der Waals surface area contributed by atoms with Gasteiger partial charge in [0.2, 0.25) is 11.8 Å². The Labute approximate surface area is 217 Å². The number of Topliss-reactive ketones (excluding diaryl/α,β-unsaturated/α-hetero) is 1. The zero-order valence-corrected chi connectivity index (χ0v) is 21.8. The Balaban J connectivity index is 1.78. The number of nitriles is 1. The maximum atomic E-state index is 14.9. The monoisotopic (exact) mass is 493 g/mol. The highest BCUT2D eigenvalue weighted by Crippen LogP contribution is 2.63. The highest BCUT2D eigenvalue weighted by molar-refractivity contribution is 6.21. The van der Waals surface area contributed by atoms with Gasteiger partial charge in [-0.2, -0.15) is 5.26 Å². The van der Waals surface area contributed by atoms with Crippen LogP contribution in [0.2, 0.25) is 0 Å². The highest BCUT2D eigenvalue weighted by atomic mass is 16.5. The SMILES string of the molecule is CCc1cc2c3c(c1)C(C)(c1ccccc1)CC(C)(C)N3C(=O)C21C(C#N)=C(N)OC2=C1C(=O)CCC2. The van der Waals surface area contributed by atoms with E-state index in [0.29, 0.717) is 42.6 Å². The van der Waals surface area contributed by atoms with Gasteiger partial charge in [0.05, 0.1) is 11.3 Å². The molecule has 6 rings (SSSR count). The van der Waals surface area contributed by atoms with E-state index in [9.17, 15) is 14.9 Å². The summed E-state index contributed by atoms with van der Waals surface area (Å²) in [6.07, 6.45) is 2.89. The third-order valence-electron chi connectivity index (χ3n) is 8.83. The summed E-state index contributed by atoms with van der Waals surface area (Å²) in [5.41, 5.74) is 8.88. The third-order valence-corrected chi connectivity index (χ3v) is 8.83. The van der Waals surface area contributed by atoms with E-state index in [1.165, 1.54) is 5.56 Å². The molecule has 1 spiro atoms. The summed E-state index contributed by atoms with van der Waals surface area (Å²) in [4.78, 5) is 30.3. The zero-order chi connectivity index (χ0) is 26.3. The number of aryl methyl sites for hydroxylation is 1. The molecule has 2 aromatic rings. The second-order valence-corrected chi connectivity index (χ2v) is 11.5. The number of anilines is 1. The Kier molecular flexibility index (Phi) is 4.82. The topological polar surface area (TPSA) is 96.4 Å². The van der Waals surface area contributed by atoms with Crippen molar-refractivity contribution in [1.82, 2.24) is 0 Å². The van der Waals surface area contributed by atoms with Gasteiger partial charge >= 0.3 is 0 Å². The summed E-state index contributed by atoms with van der Waals surface area (Å²) >= 11 is 0. The van der Waals surface area contributed by atoms with Gasteiger partial charge in [-0.05, 0) is 49.8 Å². The number of fused-ring (bicyclic) bond motifs is 2. The lowest BCUT2D eigenvalue weighted by Gasteiger charge is -2.50. The summed E-state index contributed by atoms with van der Waals surface area (Å²) < 4.78 is 5.87. The van der Waals surface area contributed by atoms with E-state index >= 15 is 0 Å². The molecule has 2 aromatic carbocycles. The van der Waals surface area contributed by atoms with E-state index < -0.39 is 11.0 Å². The molecule has 1 aliphatic carbocycles. The molecule has 6 heteroatoms. The van der Waals surface area contributed by atoms with Gasteiger partial charge in [-0.25, -0.2) is 0 Å². The molecule has 2 N–H and O–H groups in total. The maximum absolute atomic E-state index is 14.9. The lowest BCUT2D eigenvalue weighted by Crippen LogP contribution is -2.58. The van der Waals surface area contributed by atoms with Crippen LogP contribution in [0.25, 0.3) is 0 Å². The van der Waals surface area contributed by atoms with E-state index in [1.54, 1.807) is 0 Å². The Morgan fingerprint density at radius 3 is 2.46 bits per heavy atom. The number of nitrogens with zero attached hydrogens (tertiary/aromatic N) is 2. The number of rotatable bonds is 2. The Hall–Kier alpha value is -3.85. The third kappa shape index (κ3) is 2.80. The number of nitrogens with two attached hydrogens (primary N) is 1. The molecule has 188 valence electrons. The van der Waals surface area contributed by atoms with Gasteiger partial charge in [-0.15, -0.1) is 0 Å². The van der Waals surface area contributed by atoms with Crippen molar-refractivity contribution >= 4 is 17.4 Å². The van der Waals surface area contributed by atoms with Gasteiger partial charge < -0.3 is 15.4 Å². The van der Waals surface area contributed by atoms with Crippen molar-refractivity contribution in [3.05, 3.63) is 87.5 Å². The summed E-state index contributed by atoms with van der Waals surface area (Å²) in [6.45, 7) is 8.46. The zero-order valence-electron chi connectivity index (χ0n) is 21.8. The van der Waals surface area contributed by atoms with E-state index in [0.717, 1.165) is 23.2 Å². The minimum Gasteiger partial charge on any atom is -0.444 e. The molecule has 6 nitrogen and oxygen atoms in total. The van der Waals surface area contributed by atoms with Crippen molar-refractivity contribution in [3.63, 3.8) is 0 Å². The second kappa shape index (κ2) is 7.58. The first-order chi connectivity index (χ1) is 17.6. The molecule has 0 aromatic heterocycles. The fourth-order valence-corrected chi connectivity index (χ4v) is 7.36. The van der Waals surface area contributed by atoms with Crippen molar-refractivity contribution in [2.24, 2.45) is 5.73 Å². The van der Waals surface area contributed by atoms with Gasteiger partial charge in [0.1, 0.15) is 22.8 Å². The molecular formula is C31H31N3O3. The number of carbonyl (C=O) groups is 2. The van der Waals surface area contributed by atoms with Gasteiger partial charge in [0.15, 0.2) is 5.78 Å². The molecule has 37 heavy (non-hydrogen) atoms. The fraction of sp³-hybridized carbons (Fsp3) is 0.387. The molecule has 0 radical (unpaired) electrons. The Morgan fingerprint density at radius 2 is 1.78 bits per heavy atom. The lowest BCUT2D eigenvalue weighted by atomic mass is 9.63. The Bertz CT molecular complexity index is 1490. The van der Waals surface area contributed by atoms with E-state index in [2.05, 4.69) is 52.0 Å².